The molecule has 116 valence electrons. The number of rotatable bonds is 5. The van der Waals surface area contributed by atoms with Gasteiger partial charge in [0.15, 0.2) is 0 Å². The van der Waals surface area contributed by atoms with E-state index in [4.69, 9.17) is 14.6 Å². The lowest BCUT2D eigenvalue weighted by Crippen LogP contribution is -2.20. The van der Waals surface area contributed by atoms with Crippen molar-refractivity contribution >= 4 is 15.7 Å². The van der Waals surface area contributed by atoms with E-state index in [2.05, 4.69) is 0 Å². The van der Waals surface area contributed by atoms with Crippen LogP contribution in [0.4, 0.5) is 5.69 Å². The fraction of sp³-hybridized carbons (Fsp3) is 0.500. The summed E-state index contributed by atoms with van der Waals surface area (Å²) in [5.41, 5.74) is -0.00721. The molecule has 0 spiro atoms. The van der Waals surface area contributed by atoms with Gasteiger partial charge in [0.05, 0.1) is 11.0 Å². The predicted octanol–water partition coefficient (Wildman–Crippen LogP) is 1.11. The Labute approximate surface area is 122 Å². The number of nitrogens with two attached hydrogens (primary N) is 1. The second-order valence-corrected chi connectivity index (χ2v) is 6.37. The van der Waals surface area contributed by atoms with Gasteiger partial charge in [-0.2, -0.15) is 0 Å². The third kappa shape index (κ3) is 3.69. The van der Waals surface area contributed by atoms with Crippen LogP contribution >= 0.6 is 0 Å². The molecule has 2 rings (SSSR count). The Kier molecular flexibility index (Phi) is 4.45. The highest BCUT2D eigenvalue weighted by atomic mass is 32.2. The number of primary sulfonamides is 1. The predicted molar refractivity (Wildman–Crippen MR) is 73.7 cm³/mol. The van der Waals surface area contributed by atoms with Crippen LogP contribution < -0.4 is 9.88 Å². The number of nitrogens with zero attached hydrogens (tertiary/aromatic N) is 1. The SMILES string of the molecule is Cc1cc([N+](=O)[O-])cc(S(N)(=O)=O)c1OCC1CCCO1. The zero-order valence-electron chi connectivity index (χ0n) is 11.4. The van der Waals surface area contributed by atoms with Crippen LogP contribution in [0.1, 0.15) is 18.4 Å². The normalized spacial score (nSPS) is 18.7. The van der Waals surface area contributed by atoms with Crippen LogP contribution in [-0.4, -0.2) is 32.7 Å². The summed E-state index contributed by atoms with van der Waals surface area (Å²) in [6, 6.07) is 2.16. The third-order valence-corrected chi connectivity index (χ3v) is 4.10. The fourth-order valence-electron chi connectivity index (χ4n) is 2.18. The molecule has 1 unspecified atom stereocenters. The molecule has 9 heteroatoms. The Hall–Kier alpha value is -1.71. The minimum absolute atomic E-state index is 0.0404. The van der Waals surface area contributed by atoms with Gasteiger partial charge in [0.25, 0.3) is 5.69 Å². The van der Waals surface area contributed by atoms with Crippen molar-refractivity contribution in [2.45, 2.75) is 30.8 Å². The van der Waals surface area contributed by atoms with Crippen molar-refractivity contribution in [3.8, 4) is 5.75 Å². The maximum atomic E-state index is 11.6. The van der Waals surface area contributed by atoms with Gasteiger partial charge in [-0.05, 0) is 25.3 Å². The Morgan fingerprint density at radius 1 is 1.52 bits per heavy atom. The molecule has 0 aliphatic carbocycles. The first kappa shape index (κ1) is 15.7. The van der Waals surface area contributed by atoms with Crippen molar-refractivity contribution in [1.82, 2.24) is 0 Å². The van der Waals surface area contributed by atoms with Crippen molar-refractivity contribution in [2.24, 2.45) is 5.14 Å². The highest BCUT2D eigenvalue weighted by Crippen LogP contribution is 2.32. The van der Waals surface area contributed by atoms with E-state index in [1.807, 2.05) is 0 Å². The lowest BCUT2D eigenvalue weighted by molar-refractivity contribution is -0.385. The van der Waals surface area contributed by atoms with Crippen molar-refractivity contribution in [3.63, 3.8) is 0 Å². The monoisotopic (exact) mass is 316 g/mol. The summed E-state index contributed by atoms with van der Waals surface area (Å²) < 4.78 is 34.1. The number of non-ortho nitro benzene ring substituents is 1. The van der Waals surface area contributed by atoms with Crippen LogP contribution in [-0.2, 0) is 14.8 Å². The van der Waals surface area contributed by atoms with E-state index in [0.717, 1.165) is 18.9 Å². The van der Waals surface area contributed by atoms with E-state index in [0.29, 0.717) is 12.2 Å². The molecule has 1 saturated heterocycles. The molecule has 1 fully saturated rings. The van der Waals surface area contributed by atoms with E-state index in [9.17, 15) is 18.5 Å². The lowest BCUT2D eigenvalue weighted by Gasteiger charge is -2.15. The average Bonchev–Trinajstić information content (AvgIpc) is 2.88. The summed E-state index contributed by atoms with van der Waals surface area (Å²) in [6.45, 7) is 2.36. The number of nitro groups is 1. The van der Waals surface area contributed by atoms with Crippen LogP contribution in [0.3, 0.4) is 0 Å². The summed E-state index contributed by atoms with van der Waals surface area (Å²) in [6.07, 6.45) is 1.65. The van der Waals surface area contributed by atoms with Gasteiger partial charge in [0.2, 0.25) is 10.0 Å². The third-order valence-electron chi connectivity index (χ3n) is 3.18. The second-order valence-electron chi connectivity index (χ2n) is 4.84. The number of hydrogen-bond donors (Lipinski definition) is 1. The minimum Gasteiger partial charge on any atom is -0.489 e. The molecule has 1 aromatic rings. The number of hydrogen-bond acceptors (Lipinski definition) is 6. The first-order valence-corrected chi connectivity index (χ1v) is 7.90. The zero-order chi connectivity index (χ0) is 15.6. The van der Waals surface area contributed by atoms with E-state index < -0.39 is 14.9 Å². The molecule has 0 radical (unpaired) electrons. The van der Waals surface area contributed by atoms with E-state index in [1.165, 1.54) is 13.0 Å². The number of nitro benzene ring substituents is 1. The molecule has 0 bridgehead atoms. The maximum Gasteiger partial charge on any atom is 0.271 e. The van der Waals surface area contributed by atoms with Gasteiger partial charge in [-0.25, -0.2) is 13.6 Å². The maximum absolute atomic E-state index is 11.6. The molecule has 2 N–H and O–H groups in total. The van der Waals surface area contributed by atoms with E-state index in [-0.39, 0.29) is 29.0 Å². The smallest absolute Gasteiger partial charge is 0.271 e. The van der Waals surface area contributed by atoms with Crippen LogP contribution in [0.5, 0.6) is 5.75 Å². The summed E-state index contributed by atoms with van der Waals surface area (Å²) >= 11 is 0. The Balaban J connectivity index is 2.35. The Morgan fingerprint density at radius 3 is 2.76 bits per heavy atom. The second kappa shape index (κ2) is 5.96. The summed E-state index contributed by atoms with van der Waals surface area (Å²) in [5.74, 6) is 0.0404. The Bertz CT molecular complexity index is 652. The first-order valence-electron chi connectivity index (χ1n) is 6.35. The van der Waals surface area contributed by atoms with Gasteiger partial charge >= 0.3 is 0 Å². The molecular formula is C12H16N2O6S. The molecule has 0 amide bonds. The molecule has 1 heterocycles. The lowest BCUT2D eigenvalue weighted by atomic mass is 10.2. The minimum atomic E-state index is -4.13. The molecule has 21 heavy (non-hydrogen) atoms. The zero-order valence-corrected chi connectivity index (χ0v) is 12.3. The molecule has 1 aromatic carbocycles. The molecule has 0 aromatic heterocycles. The Morgan fingerprint density at radius 2 is 2.24 bits per heavy atom. The van der Waals surface area contributed by atoms with E-state index in [1.54, 1.807) is 0 Å². The summed E-state index contributed by atoms with van der Waals surface area (Å²) in [7, 11) is -4.13. The summed E-state index contributed by atoms with van der Waals surface area (Å²) in [4.78, 5) is 9.76. The van der Waals surface area contributed by atoms with Crippen LogP contribution in [0, 0.1) is 17.0 Å². The van der Waals surface area contributed by atoms with Gasteiger partial charge < -0.3 is 9.47 Å². The van der Waals surface area contributed by atoms with Gasteiger partial charge in [0.1, 0.15) is 17.3 Å². The molecule has 1 aliphatic rings. The summed E-state index contributed by atoms with van der Waals surface area (Å²) in [5, 5.41) is 15.9. The quantitative estimate of drug-likeness (QED) is 0.641. The van der Waals surface area contributed by atoms with E-state index >= 15 is 0 Å². The van der Waals surface area contributed by atoms with Crippen LogP contribution in [0.15, 0.2) is 17.0 Å². The standard InChI is InChI=1S/C12H16N2O6S/c1-8-5-9(14(15)16)6-11(21(13,17)18)12(8)20-7-10-3-2-4-19-10/h5-6,10H,2-4,7H2,1H3,(H2,13,17,18). The van der Waals surface area contributed by atoms with Crippen molar-refractivity contribution in [2.75, 3.05) is 13.2 Å². The first-order chi connectivity index (χ1) is 9.79. The van der Waals surface area contributed by atoms with Crippen LogP contribution in [0.2, 0.25) is 0 Å². The van der Waals surface area contributed by atoms with Gasteiger partial charge in [-0.3, -0.25) is 10.1 Å². The fourth-order valence-corrected chi connectivity index (χ4v) is 2.94. The molecular weight excluding hydrogens is 300 g/mol. The number of benzene rings is 1. The largest absolute Gasteiger partial charge is 0.489 e. The van der Waals surface area contributed by atoms with Gasteiger partial charge in [0, 0.05) is 18.7 Å². The molecule has 8 nitrogen and oxygen atoms in total. The highest BCUT2D eigenvalue weighted by molar-refractivity contribution is 7.89. The number of aryl methyl sites for hydroxylation is 1. The van der Waals surface area contributed by atoms with Crippen LogP contribution in [0.25, 0.3) is 0 Å². The number of sulfonamides is 1. The molecule has 1 aliphatic heterocycles. The number of ether oxygens (including phenoxy) is 2. The highest BCUT2D eigenvalue weighted by Gasteiger charge is 2.24. The molecule has 0 saturated carbocycles. The van der Waals surface area contributed by atoms with Gasteiger partial charge in [-0.1, -0.05) is 0 Å². The van der Waals surface area contributed by atoms with Crippen molar-refractivity contribution < 1.29 is 22.8 Å². The van der Waals surface area contributed by atoms with Crippen molar-refractivity contribution in [1.29, 1.82) is 0 Å². The molecule has 1 atom stereocenters. The topological polar surface area (TPSA) is 122 Å². The van der Waals surface area contributed by atoms with Crippen molar-refractivity contribution in [3.05, 3.63) is 27.8 Å². The average molecular weight is 316 g/mol. The van der Waals surface area contributed by atoms with Gasteiger partial charge in [-0.15, -0.1) is 0 Å².